The molecule has 154 valence electrons. The highest BCUT2D eigenvalue weighted by Crippen LogP contribution is 2.18. The Morgan fingerprint density at radius 2 is 1.93 bits per heavy atom. The maximum absolute atomic E-state index is 5.63. The second-order valence-electron chi connectivity index (χ2n) is 7.34. The molecule has 2 N–H and O–H groups in total. The monoisotopic (exact) mass is 385 g/mol. The predicted molar refractivity (Wildman–Crippen MR) is 116 cm³/mol. The first-order chi connectivity index (χ1) is 13.5. The number of nitrogens with zero attached hydrogens (tertiary/aromatic N) is 3. The van der Waals surface area contributed by atoms with E-state index in [1.165, 1.54) is 5.56 Å². The second-order valence-corrected chi connectivity index (χ2v) is 7.34. The third-order valence-electron chi connectivity index (χ3n) is 4.39. The summed E-state index contributed by atoms with van der Waals surface area (Å²) in [6.45, 7) is 14.4. The fourth-order valence-electron chi connectivity index (χ4n) is 2.92. The fourth-order valence-corrected chi connectivity index (χ4v) is 2.92. The first-order valence-electron chi connectivity index (χ1n) is 10.2. The number of benzene rings is 1. The molecule has 0 aliphatic rings. The lowest BCUT2D eigenvalue weighted by Gasteiger charge is -2.12. The summed E-state index contributed by atoms with van der Waals surface area (Å²) in [6, 6.07) is 10.2. The van der Waals surface area contributed by atoms with E-state index in [0.717, 1.165) is 55.8 Å². The van der Waals surface area contributed by atoms with Crippen molar-refractivity contribution in [3.8, 4) is 5.69 Å². The van der Waals surface area contributed by atoms with Crippen molar-refractivity contribution >= 4 is 5.96 Å². The third-order valence-corrected chi connectivity index (χ3v) is 4.39. The van der Waals surface area contributed by atoms with Crippen molar-refractivity contribution < 1.29 is 4.74 Å². The van der Waals surface area contributed by atoms with Gasteiger partial charge in [-0.2, -0.15) is 5.10 Å². The summed E-state index contributed by atoms with van der Waals surface area (Å²) in [6.07, 6.45) is 0.959. The van der Waals surface area contributed by atoms with Crippen molar-refractivity contribution in [1.29, 1.82) is 0 Å². The number of para-hydroxylation sites is 1. The van der Waals surface area contributed by atoms with Crippen molar-refractivity contribution in [2.75, 3.05) is 26.3 Å². The fraction of sp³-hybridized carbons (Fsp3) is 0.545. The van der Waals surface area contributed by atoms with Crippen LogP contribution in [0.15, 0.2) is 35.3 Å². The highest BCUT2D eigenvalue weighted by atomic mass is 16.5. The van der Waals surface area contributed by atoms with Gasteiger partial charge >= 0.3 is 0 Å². The lowest BCUT2D eigenvalue weighted by atomic mass is 10.2. The van der Waals surface area contributed by atoms with E-state index in [1.54, 1.807) is 0 Å². The van der Waals surface area contributed by atoms with Gasteiger partial charge in [0.05, 0.1) is 17.9 Å². The molecule has 0 saturated carbocycles. The molecule has 1 aromatic carbocycles. The molecule has 6 nitrogen and oxygen atoms in total. The van der Waals surface area contributed by atoms with E-state index in [2.05, 4.69) is 50.5 Å². The molecule has 0 bridgehead atoms. The van der Waals surface area contributed by atoms with Gasteiger partial charge in [-0.25, -0.2) is 9.67 Å². The first kappa shape index (κ1) is 22.0. The molecule has 0 radical (unpaired) electrons. The molecular weight excluding hydrogens is 350 g/mol. The van der Waals surface area contributed by atoms with Crippen LogP contribution in [0.1, 0.15) is 44.1 Å². The molecular formula is C22H35N5O. The average Bonchev–Trinajstić information content (AvgIpc) is 2.96. The smallest absolute Gasteiger partial charge is 0.191 e. The molecule has 0 unspecified atom stereocenters. The molecule has 0 aliphatic heterocycles. The van der Waals surface area contributed by atoms with E-state index in [0.29, 0.717) is 12.5 Å². The predicted octanol–water partition coefficient (Wildman–Crippen LogP) is 3.61. The van der Waals surface area contributed by atoms with Gasteiger partial charge in [0.15, 0.2) is 5.96 Å². The summed E-state index contributed by atoms with van der Waals surface area (Å²) >= 11 is 0. The number of aliphatic imine (C=N–C) groups is 1. The van der Waals surface area contributed by atoms with Crippen LogP contribution in [0.25, 0.3) is 5.69 Å². The maximum Gasteiger partial charge on any atom is 0.191 e. The molecule has 0 aliphatic carbocycles. The van der Waals surface area contributed by atoms with E-state index in [-0.39, 0.29) is 0 Å². The molecule has 2 rings (SSSR count). The molecule has 0 fully saturated rings. The first-order valence-corrected chi connectivity index (χ1v) is 10.2. The maximum atomic E-state index is 5.63. The standard InChI is InChI=1S/C22H35N5O/c1-6-23-22(24-13-10-14-28-16-17(2)3)25-15-21-18(4)26-27(19(21)5)20-11-8-7-9-12-20/h7-9,11-12,17H,6,10,13-16H2,1-5H3,(H2,23,24,25). The molecule has 2 aromatic rings. The Morgan fingerprint density at radius 1 is 1.18 bits per heavy atom. The van der Waals surface area contributed by atoms with Gasteiger partial charge < -0.3 is 15.4 Å². The number of guanidine groups is 1. The zero-order valence-corrected chi connectivity index (χ0v) is 18.0. The average molecular weight is 386 g/mol. The van der Waals surface area contributed by atoms with Crippen LogP contribution >= 0.6 is 0 Å². The van der Waals surface area contributed by atoms with Gasteiger partial charge in [-0.3, -0.25) is 0 Å². The zero-order chi connectivity index (χ0) is 20.4. The summed E-state index contributed by atoms with van der Waals surface area (Å²) in [4.78, 5) is 4.76. The van der Waals surface area contributed by atoms with Crippen LogP contribution in [0.5, 0.6) is 0 Å². The van der Waals surface area contributed by atoms with Crippen molar-refractivity contribution in [3.05, 3.63) is 47.3 Å². The number of nitrogens with one attached hydrogen (secondary N) is 2. The van der Waals surface area contributed by atoms with E-state index in [4.69, 9.17) is 14.8 Å². The highest BCUT2D eigenvalue weighted by molar-refractivity contribution is 5.79. The van der Waals surface area contributed by atoms with Crippen LogP contribution in [-0.4, -0.2) is 42.0 Å². The highest BCUT2D eigenvalue weighted by Gasteiger charge is 2.12. The quantitative estimate of drug-likeness (QED) is 0.373. The van der Waals surface area contributed by atoms with Crippen LogP contribution in [-0.2, 0) is 11.3 Å². The van der Waals surface area contributed by atoms with Gasteiger partial charge in [0.2, 0.25) is 0 Å². The van der Waals surface area contributed by atoms with Gasteiger partial charge in [0.25, 0.3) is 0 Å². The minimum atomic E-state index is 0.579. The molecule has 1 aromatic heterocycles. The summed E-state index contributed by atoms with van der Waals surface area (Å²) in [5.41, 5.74) is 4.39. The van der Waals surface area contributed by atoms with Crippen molar-refractivity contribution in [3.63, 3.8) is 0 Å². The second kappa shape index (κ2) is 11.5. The van der Waals surface area contributed by atoms with Gasteiger partial charge in [-0.15, -0.1) is 0 Å². The topological polar surface area (TPSA) is 63.5 Å². The number of aryl methyl sites for hydroxylation is 1. The summed E-state index contributed by atoms with van der Waals surface area (Å²) < 4.78 is 7.62. The lowest BCUT2D eigenvalue weighted by molar-refractivity contribution is 0.108. The van der Waals surface area contributed by atoms with E-state index < -0.39 is 0 Å². The molecule has 0 saturated heterocycles. The third kappa shape index (κ3) is 6.68. The summed E-state index contributed by atoms with van der Waals surface area (Å²) in [5, 5.41) is 11.4. The minimum Gasteiger partial charge on any atom is -0.381 e. The Kier molecular flexibility index (Phi) is 9.01. The van der Waals surface area contributed by atoms with Gasteiger partial charge in [-0.1, -0.05) is 32.0 Å². The Morgan fingerprint density at radius 3 is 2.61 bits per heavy atom. The lowest BCUT2D eigenvalue weighted by Crippen LogP contribution is -2.38. The Bertz CT molecular complexity index is 737. The van der Waals surface area contributed by atoms with E-state index >= 15 is 0 Å². The SMILES string of the molecule is CCNC(=NCc1c(C)nn(-c2ccccc2)c1C)NCCCOCC(C)C. The van der Waals surface area contributed by atoms with Gasteiger partial charge in [0, 0.05) is 37.6 Å². The van der Waals surface area contributed by atoms with E-state index in [9.17, 15) is 0 Å². The number of aromatic nitrogens is 2. The molecule has 1 heterocycles. The number of hydrogen-bond donors (Lipinski definition) is 2. The Hall–Kier alpha value is -2.34. The number of hydrogen-bond acceptors (Lipinski definition) is 3. The van der Waals surface area contributed by atoms with Crippen molar-refractivity contribution in [2.45, 2.75) is 47.6 Å². The van der Waals surface area contributed by atoms with Crippen molar-refractivity contribution in [2.24, 2.45) is 10.9 Å². The Balaban J connectivity index is 1.96. The largest absolute Gasteiger partial charge is 0.381 e. The minimum absolute atomic E-state index is 0.579. The summed E-state index contributed by atoms with van der Waals surface area (Å²) in [5.74, 6) is 1.41. The zero-order valence-electron chi connectivity index (χ0n) is 18.0. The van der Waals surface area contributed by atoms with Gasteiger partial charge in [-0.05, 0) is 45.2 Å². The van der Waals surface area contributed by atoms with Gasteiger partial charge in [0.1, 0.15) is 0 Å². The molecule has 28 heavy (non-hydrogen) atoms. The van der Waals surface area contributed by atoms with Crippen LogP contribution < -0.4 is 10.6 Å². The normalized spacial score (nSPS) is 11.9. The summed E-state index contributed by atoms with van der Waals surface area (Å²) in [7, 11) is 0. The molecule has 0 spiro atoms. The van der Waals surface area contributed by atoms with E-state index in [1.807, 2.05) is 29.8 Å². The van der Waals surface area contributed by atoms with Crippen LogP contribution in [0.2, 0.25) is 0 Å². The van der Waals surface area contributed by atoms with Crippen LogP contribution in [0.3, 0.4) is 0 Å². The molecule has 6 heteroatoms. The number of rotatable bonds is 10. The molecule has 0 atom stereocenters. The number of ether oxygens (including phenoxy) is 1. The van der Waals surface area contributed by atoms with Crippen LogP contribution in [0, 0.1) is 19.8 Å². The van der Waals surface area contributed by atoms with Crippen LogP contribution in [0.4, 0.5) is 0 Å². The Labute approximate surface area is 169 Å². The van der Waals surface area contributed by atoms with Crippen molar-refractivity contribution in [1.82, 2.24) is 20.4 Å². The molecule has 0 amide bonds.